The summed E-state index contributed by atoms with van der Waals surface area (Å²) in [6.07, 6.45) is 2.47. The minimum atomic E-state index is -0.0253. The highest BCUT2D eigenvalue weighted by molar-refractivity contribution is 5.88. The number of hydrogen-bond acceptors (Lipinski definition) is 3. The second kappa shape index (κ2) is 6.06. The number of anilines is 1. The van der Waals surface area contributed by atoms with Gasteiger partial charge in [-0.1, -0.05) is 25.1 Å². The van der Waals surface area contributed by atoms with E-state index in [2.05, 4.69) is 29.3 Å². The number of amides is 1. The van der Waals surface area contributed by atoms with E-state index < -0.39 is 0 Å². The highest BCUT2D eigenvalue weighted by Crippen LogP contribution is 2.32. The summed E-state index contributed by atoms with van der Waals surface area (Å²) in [5.74, 6) is 0.220. The van der Waals surface area contributed by atoms with E-state index in [0.717, 1.165) is 30.9 Å². The molecule has 1 aromatic carbocycles. The average Bonchev–Trinajstić information content (AvgIpc) is 3.12. The smallest absolute Gasteiger partial charge is 0.231 e. The van der Waals surface area contributed by atoms with Crippen molar-refractivity contribution in [2.75, 3.05) is 38.5 Å². The van der Waals surface area contributed by atoms with Crippen LogP contribution in [-0.2, 0) is 4.79 Å². The molecule has 1 amide bonds. The summed E-state index contributed by atoms with van der Waals surface area (Å²) in [6, 6.07) is 8.69. The predicted octanol–water partition coefficient (Wildman–Crippen LogP) is 2.14. The lowest BCUT2D eigenvalue weighted by molar-refractivity contribution is -0.131. The number of hydrogen-bond donors (Lipinski definition) is 1. The Bertz CT molecular complexity index is 517. The van der Waals surface area contributed by atoms with E-state index in [9.17, 15) is 4.79 Å². The molecule has 0 spiro atoms. The number of nitrogens with zero attached hydrogens (tertiary/aromatic N) is 2. The normalized spacial score (nSPS) is 24.7. The molecule has 1 aromatic rings. The maximum Gasteiger partial charge on any atom is 0.231 e. The lowest BCUT2D eigenvalue weighted by Crippen LogP contribution is -2.43. The summed E-state index contributed by atoms with van der Waals surface area (Å²) in [6.45, 7) is 6.05. The van der Waals surface area contributed by atoms with Crippen LogP contribution in [-0.4, -0.2) is 55.0 Å². The topological polar surface area (TPSA) is 35.6 Å². The molecule has 0 radical (unpaired) electrons. The number of carbonyl (C=O) groups is 1. The third-order valence-corrected chi connectivity index (χ3v) is 4.90. The maximum atomic E-state index is 12.8. The number of para-hydroxylation sites is 1. The number of likely N-dealkylation sites (N-methyl/N-ethyl adjacent to an activating group) is 2. The molecule has 1 fully saturated rings. The zero-order valence-corrected chi connectivity index (χ0v) is 13.0. The lowest BCUT2D eigenvalue weighted by Gasteiger charge is -2.29. The molecule has 4 heteroatoms. The van der Waals surface area contributed by atoms with Crippen molar-refractivity contribution in [3.63, 3.8) is 0 Å². The molecular formula is C17H25N3O. The molecule has 1 saturated heterocycles. The second-order valence-electron chi connectivity index (χ2n) is 6.16. The fourth-order valence-electron chi connectivity index (χ4n) is 3.69. The molecule has 0 aliphatic carbocycles. The second-order valence-corrected chi connectivity index (χ2v) is 6.16. The fraction of sp³-hybridized carbons (Fsp3) is 0.588. The highest BCUT2D eigenvalue weighted by atomic mass is 16.2. The van der Waals surface area contributed by atoms with Gasteiger partial charge in [0.1, 0.15) is 0 Å². The van der Waals surface area contributed by atoms with Crippen LogP contribution in [0.5, 0.6) is 0 Å². The lowest BCUT2D eigenvalue weighted by atomic mass is 10.00. The van der Waals surface area contributed by atoms with E-state index in [0.29, 0.717) is 6.04 Å². The highest BCUT2D eigenvalue weighted by Gasteiger charge is 2.32. The van der Waals surface area contributed by atoms with Gasteiger partial charge in [-0.05, 0) is 37.6 Å². The van der Waals surface area contributed by atoms with Gasteiger partial charge in [-0.2, -0.15) is 0 Å². The summed E-state index contributed by atoms with van der Waals surface area (Å²) < 4.78 is 0. The van der Waals surface area contributed by atoms with Gasteiger partial charge in [0.2, 0.25) is 5.91 Å². The van der Waals surface area contributed by atoms with E-state index in [1.165, 1.54) is 19.4 Å². The Morgan fingerprint density at radius 2 is 2.24 bits per heavy atom. The number of likely N-dealkylation sites (tertiary alicyclic amines) is 1. The van der Waals surface area contributed by atoms with Gasteiger partial charge in [0, 0.05) is 31.9 Å². The summed E-state index contributed by atoms with van der Waals surface area (Å²) in [4.78, 5) is 17.2. The zero-order chi connectivity index (χ0) is 14.8. The Morgan fingerprint density at radius 3 is 3.05 bits per heavy atom. The van der Waals surface area contributed by atoms with E-state index in [4.69, 9.17) is 0 Å². The average molecular weight is 287 g/mol. The molecule has 3 rings (SSSR count). The van der Waals surface area contributed by atoms with Crippen LogP contribution < -0.4 is 5.32 Å². The Kier molecular flexibility index (Phi) is 4.15. The van der Waals surface area contributed by atoms with Gasteiger partial charge in [0.15, 0.2) is 0 Å². The molecule has 2 aliphatic heterocycles. The third kappa shape index (κ3) is 2.77. The van der Waals surface area contributed by atoms with Gasteiger partial charge in [-0.25, -0.2) is 0 Å². The quantitative estimate of drug-likeness (QED) is 0.921. The number of rotatable bonds is 4. The predicted molar refractivity (Wildman–Crippen MR) is 85.6 cm³/mol. The van der Waals surface area contributed by atoms with Crippen LogP contribution in [0.3, 0.4) is 0 Å². The first-order valence-corrected chi connectivity index (χ1v) is 8.02. The van der Waals surface area contributed by atoms with E-state index in [-0.39, 0.29) is 11.8 Å². The van der Waals surface area contributed by atoms with E-state index in [1.54, 1.807) is 0 Å². The molecule has 2 aliphatic rings. The van der Waals surface area contributed by atoms with Crippen LogP contribution in [0.1, 0.15) is 31.2 Å². The Hall–Kier alpha value is -1.55. The summed E-state index contributed by atoms with van der Waals surface area (Å²) in [5, 5.41) is 3.34. The van der Waals surface area contributed by atoms with Crippen molar-refractivity contribution in [2.24, 2.45) is 0 Å². The Labute approximate surface area is 127 Å². The molecule has 2 unspecified atom stereocenters. The van der Waals surface area contributed by atoms with Crippen LogP contribution in [0, 0.1) is 0 Å². The SMILES string of the molecule is CCN1CCCC1CN(C)C(=O)C1CNc2ccccc21. The van der Waals surface area contributed by atoms with Gasteiger partial charge < -0.3 is 10.2 Å². The molecular weight excluding hydrogens is 262 g/mol. The van der Waals surface area contributed by atoms with Gasteiger partial charge >= 0.3 is 0 Å². The van der Waals surface area contributed by atoms with Crippen LogP contribution in [0.2, 0.25) is 0 Å². The molecule has 0 bridgehead atoms. The summed E-state index contributed by atoms with van der Waals surface area (Å²) in [7, 11) is 1.95. The zero-order valence-electron chi connectivity index (χ0n) is 13.0. The first-order valence-electron chi connectivity index (χ1n) is 8.02. The summed E-state index contributed by atoms with van der Waals surface area (Å²) in [5.41, 5.74) is 2.26. The summed E-state index contributed by atoms with van der Waals surface area (Å²) >= 11 is 0. The van der Waals surface area contributed by atoms with Crippen molar-refractivity contribution >= 4 is 11.6 Å². The van der Waals surface area contributed by atoms with Crippen molar-refractivity contribution in [2.45, 2.75) is 31.7 Å². The number of benzene rings is 1. The first kappa shape index (κ1) is 14.4. The van der Waals surface area contributed by atoms with E-state index in [1.807, 2.05) is 24.1 Å². The molecule has 0 aromatic heterocycles. The van der Waals surface area contributed by atoms with Gasteiger partial charge in [0.05, 0.1) is 5.92 Å². The van der Waals surface area contributed by atoms with Gasteiger partial charge in [0.25, 0.3) is 0 Å². The van der Waals surface area contributed by atoms with E-state index >= 15 is 0 Å². The minimum absolute atomic E-state index is 0.0253. The molecule has 1 N–H and O–H groups in total. The van der Waals surface area contributed by atoms with Crippen LogP contribution >= 0.6 is 0 Å². The molecule has 0 saturated carbocycles. The van der Waals surface area contributed by atoms with Gasteiger partial charge in [-0.3, -0.25) is 9.69 Å². The standard InChI is InChI=1S/C17H25N3O/c1-3-20-10-6-7-13(20)12-19(2)17(21)15-11-18-16-9-5-4-8-14(15)16/h4-5,8-9,13,15,18H,3,6-7,10-12H2,1-2H3. The maximum absolute atomic E-state index is 12.8. The number of fused-ring (bicyclic) bond motifs is 1. The van der Waals surface area contributed by atoms with Crippen molar-refractivity contribution < 1.29 is 4.79 Å². The van der Waals surface area contributed by atoms with Crippen molar-refractivity contribution in [1.82, 2.24) is 9.80 Å². The molecule has 2 heterocycles. The molecule has 2 atom stereocenters. The molecule has 114 valence electrons. The Balaban J connectivity index is 1.66. The van der Waals surface area contributed by atoms with Crippen molar-refractivity contribution in [3.05, 3.63) is 29.8 Å². The monoisotopic (exact) mass is 287 g/mol. The minimum Gasteiger partial charge on any atom is -0.384 e. The molecule has 21 heavy (non-hydrogen) atoms. The van der Waals surface area contributed by atoms with Crippen LogP contribution in [0.25, 0.3) is 0 Å². The molecule has 4 nitrogen and oxygen atoms in total. The fourth-order valence-corrected chi connectivity index (χ4v) is 3.69. The number of carbonyl (C=O) groups excluding carboxylic acids is 1. The number of nitrogens with one attached hydrogen (secondary N) is 1. The first-order chi connectivity index (χ1) is 10.2. The van der Waals surface area contributed by atoms with Crippen molar-refractivity contribution in [1.29, 1.82) is 0 Å². The Morgan fingerprint density at radius 1 is 1.43 bits per heavy atom. The van der Waals surface area contributed by atoms with Crippen LogP contribution in [0.4, 0.5) is 5.69 Å². The van der Waals surface area contributed by atoms with Crippen molar-refractivity contribution in [3.8, 4) is 0 Å². The van der Waals surface area contributed by atoms with Crippen LogP contribution in [0.15, 0.2) is 24.3 Å². The largest absolute Gasteiger partial charge is 0.384 e. The third-order valence-electron chi connectivity index (χ3n) is 4.90. The van der Waals surface area contributed by atoms with Gasteiger partial charge in [-0.15, -0.1) is 0 Å².